The predicted octanol–water partition coefficient (Wildman–Crippen LogP) is 3.18. The van der Waals surface area contributed by atoms with Crippen LogP contribution in [0.4, 0.5) is 0 Å². The first-order valence-corrected chi connectivity index (χ1v) is 10.1. The minimum absolute atomic E-state index is 0.0458. The first kappa shape index (κ1) is 19.5. The molecule has 0 fully saturated rings. The molecule has 1 aliphatic heterocycles. The van der Waals surface area contributed by atoms with Gasteiger partial charge in [-0.1, -0.05) is 23.9 Å². The Balaban J connectivity index is 1.57. The number of para-hydroxylation sites is 2. The summed E-state index contributed by atoms with van der Waals surface area (Å²) in [4.78, 5) is 23.4. The number of rotatable bonds is 6. The van der Waals surface area contributed by atoms with E-state index in [0.717, 1.165) is 28.5 Å². The van der Waals surface area contributed by atoms with Crippen molar-refractivity contribution in [1.29, 1.82) is 0 Å². The second-order valence-corrected chi connectivity index (χ2v) is 7.46. The van der Waals surface area contributed by atoms with E-state index in [2.05, 4.69) is 9.97 Å². The third-order valence-corrected chi connectivity index (χ3v) is 5.49. The summed E-state index contributed by atoms with van der Waals surface area (Å²) in [5, 5.41) is 0.645. The monoisotopic (exact) mass is 387 g/mol. The predicted molar refractivity (Wildman–Crippen MR) is 106 cm³/mol. The van der Waals surface area contributed by atoms with E-state index in [1.165, 1.54) is 11.8 Å². The fourth-order valence-electron chi connectivity index (χ4n) is 2.83. The van der Waals surface area contributed by atoms with Crippen molar-refractivity contribution in [2.45, 2.75) is 39.0 Å². The normalized spacial score (nSPS) is 15.5. The highest BCUT2D eigenvalue weighted by Gasteiger charge is 2.25. The van der Waals surface area contributed by atoms with Crippen LogP contribution in [0.25, 0.3) is 0 Å². The third-order valence-electron chi connectivity index (χ3n) is 4.66. The molecule has 0 aliphatic carbocycles. The lowest BCUT2D eigenvalue weighted by Gasteiger charge is -2.30. The number of hydrogen-bond donors (Lipinski definition) is 0. The largest absolute Gasteiger partial charge is 0.486 e. The fraction of sp³-hybridized carbons (Fsp3) is 0.450. The molecular formula is C20H25N3O3S. The minimum atomic E-state index is -0.172. The van der Waals surface area contributed by atoms with E-state index in [1.54, 1.807) is 4.90 Å². The van der Waals surface area contributed by atoms with Gasteiger partial charge in [0, 0.05) is 17.9 Å². The highest BCUT2D eigenvalue weighted by molar-refractivity contribution is 7.99. The molecule has 1 aliphatic rings. The highest BCUT2D eigenvalue weighted by atomic mass is 32.2. The van der Waals surface area contributed by atoms with Crippen molar-refractivity contribution in [3.05, 3.63) is 41.2 Å². The van der Waals surface area contributed by atoms with Gasteiger partial charge in [-0.2, -0.15) is 0 Å². The fourth-order valence-corrected chi connectivity index (χ4v) is 3.67. The number of fused-ring (bicyclic) bond motifs is 1. The van der Waals surface area contributed by atoms with Gasteiger partial charge in [0.25, 0.3) is 0 Å². The number of ether oxygens (including phenoxy) is 2. The molecule has 1 amide bonds. The zero-order chi connectivity index (χ0) is 19.4. The van der Waals surface area contributed by atoms with Gasteiger partial charge in [0.15, 0.2) is 22.8 Å². The van der Waals surface area contributed by atoms with E-state index in [4.69, 9.17) is 9.47 Å². The Hall–Kier alpha value is -2.28. The van der Waals surface area contributed by atoms with Crippen LogP contribution in [-0.4, -0.2) is 52.3 Å². The van der Waals surface area contributed by atoms with E-state index in [1.807, 2.05) is 52.0 Å². The lowest BCUT2D eigenvalue weighted by atomic mass is 10.2. The summed E-state index contributed by atoms with van der Waals surface area (Å²) in [5.41, 5.74) is 3.00. The van der Waals surface area contributed by atoms with Crippen LogP contribution in [0.2, 0.25) is 0 Å². The Morgan fingerprint density at radius 2 is 1.85 bits per heavy atom. The molecule has 7 heteroatoms. The van der Waals surface area contributed by atoms with Crippen LogP contribution >= 0.6 is 11.8 Å². The first-order chi connectivity index (χ1) is 13.0. The van der Waals surface area contributed by atoms with E-state index in [-0.39, 0.29) is 12.0 Å². The van der Waals surface area contributed by atoms with Gasteiger partial charge in [0.2, 0.25) is 5.91 Å². The molecule has 2 aromatic rings. The number of carbonyl (C=O) groups excluding carboxylic acids is 1. The van der Waals surface area contributed by atoms with Crippen LogP contribution in [0.5, 0.6) is 11.5 Å². The minimum Gasteiger partial charge on any atom is -0.486 e. The van der Waals surface area contributed by atoms with Crippen molar-refractivity contribution in [1.82, 2.24) is 14.9 Å². The number of carbonyl (C=O) groups is 1. The van der Waals surface area contributed by atoms with E-state index in [0.29, 0.717) is 30.6 Å². The summed E-state index contributed by atoms with van der Waals surface area (Å²) in [5.74, 6) is 1.83. The number of amides is 1. The van der Waals surface area contributed by atoms with Gasteiger partial charge in [0.1, 0.15) is 6.61 Å². The second kappa shape index (κ2) is 8.61. The highest BCUT2D eigenvalue weighted by Crippen LogP contribution is 2.31. The maximum absolute atomic E-state index is 12.7. The molecule has 0 N–H and O–H groups in total. The molecule has 1 atom stereocenters. The standard InChI is InChI=1S/C20H25N3O3S/c1-5-23(10-16-11-25-17-8-6-7-9-18(17)26-16)19(24)12-27-20-21-14(3)13(2)15(4)22-20/h6-9,16H,5,10-12H2,1-4H3/t16-/m1/s1. The molecular weight excluding hydrogens is 362 g/mol. The topological polar surface area (TPSA) is 64.6 Å². The van der Waals surface area contributed by atoms with Gasteiger partial charge in [-0.05, 0) is 45.4 Å². The summed E-state index contributed by atoms with van der Waals surface area (Å²) in [6, 6.07) is 7.60. The van der Waals surface area contributed by atoms with E-state index in [9.17, 15) is 4.79 Å². The number of nitrogens with zero attached hydrogens (tertiary/aromatic N) is 3. The zero-order valence-electron chi connectivity index (χ0n) is 16.2. The van der Waals surface area contributed by atoms with Gasteiger partial charge < -0.3 is 14.4 Å². The van der Waals surface area contributed by atoms with Crippen LogP contribution in [0.15, 0.2) is 29.4 Å². The number of thioether (sulfide) groups is 1. The molecule has 144 valence electrons. The molecule has 27 heavy (non-hydrogen) atoms. The van der Waals surface area contributed by atoms with Gasteiger partial charge in [0.05, 0.1) is 12.3 Å². The molecule has 1 aromatic carbocycles. The molecule has 0 radical (unpaired) electrons. The summed E-state index contributed by atoms with van der Waals surface area (Å²) >= 11 is 1.37. The summed E-state index contributed by atoms with van der Waals surface area (Å²) in [7, 11) is 0. The number of aromatic nitrogens is 2. The number of benzene rings is 1. The van der Waals surface area contributed by atoms with E-state index >= 15 is 0 Å². The van der Waals surface area contributed by atoms with Crippen LogP contribution in [0.1, 0.15) is 23.9 Å². The van der Waals surface area contributed by atoms with Crippen molar-refractivity contribution in [2.75, 3.05) is 25.4 Å². The first-order valence-electron chi connectivity index (χ1n) is 9.08. The average molecular weight is 388 g/mol. The Kier molecular flexibility index (Phi) is 6.21. The Labute approximate surface area is 164 Å². The summed E-state index contributed by atoms with van der Waals surface area (Å²) in [6.45, 7) is 9.46. The maximum atomic E-state index is 12.7. The van der Waals surface area contributed by atoms with Crippen molar-refractivity contribution < 1.29 is 14.3 Å². The van der Waals surface area contributed by atoms with Crippen molar-refractivity contribution in [3.8, 4) is 11.5 Å². The van der Waals surface area contributed by atoms with Gasteiger partial charge >= 0.3 is 0 Å². The lowest BCUT2D eigenvalue weighted by molar-refractivity contribution is -0.129. The van der Waals surface area contributed by atoms with Gasteiger partial charge in [-0.25, -0.2) is 9.97 Å². The zero-order valence-corrected chi connectivity index (χ0v) is 17.0. The van der Waals surface area contributed by atoms with Crippen molar-refractivity contribution in [2.24, 2.45) is 0 Å². The third kappa shape index (κ3) is 4.71. The second-order valence-electron chi connectivity index (χ2n) is 6.52. The number of likely N-dealkylation sites (N-methyl/N-ethyl adjacent to an activating group) is 1. The smallest absolute Gasteiger partial charge is 0.233 e. The quantitative estimate of drug-likeness (QED) is 0.560. The molecule has 2 heterocycles. The summed E-state index contributed by atoms with van der Waals surface area (Å²) < 4.78 is 11.7. The van der Waals surface area contributed by atoms with Crippen LogP contribution in [-0.2, 0) is 4.79 Å². The molecule has 6 nitrogen and oxygen atoms in total. The van der Waals surface area contributed by atoms with Crippen molar-refractivity contribution in [3.63, 3.8) is 0 Å². The van der Waals surface area contributed by atoms with Crippen LogP contribution in [0.3, 0.4) is 0 Å². The Bertz CT molecular complexity index is 805. The van der Waals surface area contributed by atoms with Crippen molar-refractivity contribution >= 4 is 17.7 Å². The number of hydrogen-bond acceptors (Lipinski definition) is 6. The SMILES string of the molecule is CCN(C[C@@H]1COc2ccccc2O1)C(=O)CSc1nc(C)c(C)c(C)n1. The van der Waals surface area contributed by atoms with E-state index < -0.39 is 0 Å². The van der Waals surface area contributed by atoms with Gasteiger partial charge in [-0.15, -0.1) is 0 Å². The van der Waals surface area contributed by atoms with Crippen LogP contribution < -0.4 is 9.47 Å². The lowest BCUT2D eigenvalue weighted by Crippen LogP contribution is -2.44. The molecule has 0 unspecified atom stereocenters. The molecule has 0 bridgehead atoms. The molecule has 1 aromatic heterocycles. The Morgan fingerprint density at radius 3 is 2.52 bits per heavy atom. The molecule has 0 spiro atoms. The van der Waals surface area contributed by atoms with Gasteiger partial charge in [-0.3, -0.25) is 4.79 Å². The molecule has 0 saturated heterocycles. The molecule has 0 saturated carbocycles. The molecule has 3 rings (SSSR count). The average Bonchev–Trinajstić information content (AvgIpc) is 2.68. The van der Waals surface area contributed by atoms with Crippen LogP contribution in [0, 0.1) is 20.8 Å². The summed E-state index contributed by atoms with van der Waals surface area (Å²) in [6.07, 6.45) is -0.172. The number of aryl methyl sites for hydroxylation is 2. The maximum Gasteiger partial charge on any atom is 0.233 e. The Morgan fingerprint density at radius 1 is 1.19 bits per heavy atom.